The van der Waals surface area contributed by atoms with Crippen molar-refractivity contribution < 1.29 is 9.59 Å². The third kappa shape index (κ3) is 3.51. The van der Waals surface area contributed by atoms with Crippen LogP contribution in [0, 0.1) is 0 Å². The number of rotatable bonds is 6. The molecule has 3 heterocycles. The van der Waals surface area contributed by atoms with Crippen LogP contribution in [0.1, 0.15) is 39.5 Å². The Bertz CT molecular complexity index is 973. The lowest BCUT2D eigenvalue weighted by Crippen LogP contribution is -2.51. The summed E-state index contributed by atoms with van der Waals surface area (Å²) in [6.07, 6.45) is 3.26. The zero-order valence-corrected chi connectivity index (χ0v) is 15.5. The topological polar surface area (TPSA) is 97.9 Å². The van der Waals surface area contributed by atoms with E-state index >= 15 is 0 Å². The minimum atomic E-state index is -0.269. The molecule has 1 aliphatic heterocycles. The number of benzene rings is 1. The fourth-order valence-electron chi connectivity index (χ4n) is 3.14. The Balaban J connectivity index is 1.32. The number of carbonyl (C=O) groups is 2. The average Bonchev–Trinajstić information content (AvgIpc) is 3.35. The van der Waals surface area contributed by atoms with E-state index in [9.17, 15) is 9.59 Å². The number of nitrogens with zero attached hydrogens (tertiary/aromatic N) is 6. The number of aromatic nitrogens is 5. The smallest absolute Gasteiger partial charge is 0.273 e. The van der Waals surface area contributed by atoms with Crippen LogP contribution in [0.5, 0.6) is 0 Å². The Hall–Kier alpha value is -3.49. The van der Waals surface area contributed by atoms with E-state index in [-0.39, 0.29) is 23.6 Å². The third-order valence-electron chi connectivity index (χ3n) is 4.80. The van der Waals surface area contributed by atoms with Crippen molar-refractivity contribution in [2.75, 3.05) is 13.1 Å². The minimum absolute atomic E-state index is 0.0186. The number of hydrogen-bond acceptors (Lipinski definition) is 5. The van der Waals surface area contributed by atoms with Gasteiger partial charge in [-0.3, -0.25) is 14.3 Å². The first-order valence-corrected chi connectivity index (χ1v) is 9.20. The van der Waals surface area contributed by atoms with E-state index in [2.05, 4.69) is 20.7 Å². The molecule has 0 radical (unpaired) electrons. The number of nitrogens with one attached hydrogen (secondary N) is 1. The first kappa shape index (κ1) is 17.9. The van der Waals surface area contributed by atoms with Crippen LogP contribution in [0.25, 0.3) is 0 Å². The second kappa shape index (κ2) is 7.63. The van der Waals surface area contributed by atoms with Gasteiger partial charge in [0.2, 0.25) is 0 Å². The van der Waals surface area contributed by atoms with Gasteiger partial charge in [0.05, 0.1) is 12.2 Å². The molecule has 1 saturated heterocycles. The predicted octanol–water partition coefficient (Wildman–Crippen LogP) is 1.12. The van der Waals surface area contributed by atoms with E-state index in [1.54, 1.807) is 32.7 Å². The lowest BCUT2D eigenvalue weighted by molar-refractivity contribution is 0.0485. The minimum Gasteiger partial charge on any atom is -0.347 e. The van der Waals surface area contributed by atoms with Gasteiger partial charge in [0.1, 0.15) is 5.69 Å². The summed E-state index contributed by atoms with van der Waals surface area (Å²) in [7, 11) is 0. The second-order valence-electron chi connectivity index (χ2n) is 6.65. The Morgan fingerprint density at radius 1 is 1.18 bits per heavy atom. The van der Waals surface area contributed by atoms with Crippen molar-refractivity contribution in [1.82, 2.24) is 35.0 Å². The molecule has 0 unspecified atom stereocenters. The number of aryl methyl sites for hydroxylation is 1. The van der Waals surface area contributed by atoms with Crippen LogP contribution in [0.15, 0.2) is 48.8 Å². The SMILES string of the molecule is CCn1nccc1C(=O)N1CC(n2cc(C(=O)NCc3ccccc3)nn2)C1. The van der Waals surface area contributed by atoms with Gasteiger partial charge >= 0.3 is 0 Å². The summed E-state index contributed by atoms with van der Waals surface area (Å²) in [5.41, 5.74) is 1.87. The Morgan fingerprint density at radius 3 is 2.71 bits per heavy atom. The summed E-state index contributed by atoms with van der Waals surface area (Å²) in [6.45, 7) is 4.09. The van der Waals surface area contributed by atoms with Crippen LogP contribution in [0.4, 0.5) is 0 Å². The van der Waals surface area contributed by atoms with Crippen LogP contribution >= 0.6 is 0 Å². The zero-order valence-electron chi connectivity index (χ0n) is 15.5. The normalized spacial score (nSPS) is 14.0. The fraction of sp³-hybridized carbons (Fsp3) is 0.316. The third-order valence-corrected chi connectivity index (χ3v) is 4.80. The number of likely N-dealkylation sites (tertiary alicyclic amines) is 1. The van der Waals surface area contributed by atoms with Gasteiger partial charge < -0.3 is 10.2 Å². The highest BCUT2D eigenvalue weighted by molar-refractivity contribution is 5.93. The quantitative estimate of drug-likeness (QED) is 0.692. The maximum absolute atomic E-state index is 12.5. The Labute approximate surface area is 161 Å². The van der Waals surface area contributed by atoms with Crippen LogP contribution in [-0.2, 0) is 13.1 Å². The molecule has 0 aliphatic carbocycles. The molecule has 4 rings (SSSR count). The Morgan fingerprint density at radius 2 is 1.96 bits per heavy atom. The predicted molar refractivity (Wildman–Crippen MR) is 100 cm³/mol. The molecule has 9 nitrogen and oxygen atoms in total. The van der Waals surface area contributed by atoms with Gasteiger partial charge in [0.25, 0.3) is 11.8 Å². The van der Waals surface area contributed by atoms with Crippen molar-refractivity contribution in [3.05, 3.63) is 65.7 Å². The molecule has 0 spiro atoms. The second-order valence-corrected chi connectivity index (χ2v) is 6.65. The van der Waals surface area contributed by atoms with E-state index in [1.807, 2.05) is 37.3 Å². The number of hydrogen-bond donors (Lipinski definition) is 1. The molecule has 1 aromatic carbocycles. The standard InChI is InChI=1S/C19H21N7O2/c1-2-25-17(8-9-21-25)19(28)24-11-15(12-24)26-13-16(22-23-26)18(27)20-10-14-6-4-3-5-7-14/h3-9,13,15H,2,10-12H2,1H3,(H,20,27). The van der Waals surface area contributed by atoms with Crippen LogP contribution in [-0.4, -0.2) is 54.6 Å². The number of amides is 2. The summed E-state index contributed by atoms with van der Waals surface area (Å²) in [5, 5.41) is 15.0. The molecular formula is C19H21N7O2. The molecule has 3 aromatic rings. The molecule has 9 heteroatoms. The largest absolute Gasteiger partial charge is 0.347 e. The average molecular weight is 379 g/mol. The number of carbonyl (C=O) groups excluding carboxylic acids is 2. The highest BCUT2D eigenvalue weighted by Crippen LogP contribution is 2.22. The fourth-order valence-corrected chi connectivity index (χ4v) is 3.14. The maximum atomic E-state index is 12.5. The van der Waals surface area contributed by atoms with Crippen molar-refractivity contribution in [1.29, 1.82) is 0 Å². The summed E-state index contributed by atoms with van der Waals surface area (Å²) >= 11 is 0. The van der Waals surface area contributed by atoms with Crippen LogP contribution in [0.2, 0.25) is 0 Å². The summed E-state index contributed by atoms with van der Waals surface area (Å²) in [4.78, 5) is 26.5. The van der Waals surface area contributed by atoms with Crippen LogP contribution < -0.4 is 5.32 Å². The van der Waals surface area contributed by atoms with E-state index in [4.69, 9.17) is 0 Å². The lowest BCUT2D eigenvalue weighted by atomic mass is 10.1. The monoisotopic (exact) mass is 379 g/mol. The van der Waals surface area contributed by atoms with E-state index in [0.29, 0.717) is 31.9 Å². The van der Waals surface area contributed by atoms with Crippen molar-refractivity contribution in [3.8, 4) is 0 Å². The molecule has 1 N–H and O–H groups in total. The summed E-state index contributed by atoms with van der Waals surface area (Å²) < 4.78 is 3.33. The molecular weight excluding hydrogens is 358 g/mol. The highest BCUT2D eigenvalue weighted by atomic mass is 16.2. The van der Waals surface area contributed by atoms with Gasteiger partial charge in [0, 0.05) is 32.4 Å². The molecule has 1 aliphatic rings. The van der Waals surface area contributed by atoms with E-state index < -0.39 is 0 Å². The molecule has 1 fully saturated rings. The summed E-state index contributed by atoms with van der Waals surface area (Å²) in [6, 6.07) is 11.4. The first-order valence-electron chi connectivity index (χ1n) is 9.20. The maximum Gasteiger partial charge on any atom is 0.273 e. The van der Waals surface area contributed by atoms with Gasteiger partial charge in [-0.05, 0) is 18.6 Å². The van der Waals surface area contributed by atoms with Gasteiger partial charge in [0.15, 0.2) is 5.69 Å². The van der Waals surface area contributed by atoms with Gasteiger partial charge in [-0.25, -0.2) is 4.68 Å². The van der Waals surface area contributed by atoms with E-state index in [0.717, 1.165) is 5.56 Å². The van der Waals surface area contributed by atoms with Crippen molar-refractivity contribution in [2.45, 2.75) is 26.1 Å². The highest BCUT2D eigenvalue weighted by Gasteiger charge is 2.34. The van der Waals surface area contributed by atoms with Gasteiger partial charge in [-0.15, -0.1) is 5.10 Å². The van der Waals surface area contributed by atoms with Crippen molar-refractivity contribution in [2.24, 2.45) is 0 Å². The Kier molecular flexibility index (Phi) is 4.88. The van der Waals surface area contributed by atoms with E-state index in [1.165, 1.54) is 0 Å². The molecule has 2 amide bonds. The van der Waals surface area contributed by atoms with Crippen molar-refractivity contribution >= 4 is 11.8 Å². The first-order chi connectivity index (χ1) is 13.7. The summed E-state index contributed by atoms with van der Waals surface area (Å²) in [5.74, 6) is -0.314. The van der Waals surface area contributed by atoms with Crippen molar-refractivity contribution in [3.63, 3.8) is 0 Å². The molecule has 0 bridgehead atoms. The molecule has 144 valence electrons. The molecule has 0 atom stereocenters. The molecule has 0 saturated carbocycles. The molecule has 28 heavy (non-hydrogen) atoms. The lowest BCUT2D eigenvalue weighted by Gasteiger charge is -2.38. The molecule has 2 aromatic heterocycles. The van der Waals surface area contributed by atoms with Gasteiger partial charge in [-0.1, -0.05) is 35.5 Å². The van der Waals surface area contributed by atoms with Gasteiger partial charge in [-0.2, -0.15) is 5.10 Å². The zero-order chi connectivity index (χ0) is 19.5. The van der Waals surface area contributed by atoms with Crippen LogP contribution in [0.3, 0.4) is 0 Å².